The van der Waals surface area contributed by atoms with E-state index in [4.69, 9.17) is 5.26 Å². The Bertz CT molecular complexity index is 566. The standard InChI is InChI=1S/C16H19N3O2/c17-8-7-12-1-5-14(6-2-12)18-15(20)9-19-10-16(21,11-19)13-3-4-13/h1-2,5-6,13,21H,3-4,7,9-11H2,(H,18,20). The predicted octanol–water partition coefficient (Wildman–Crippen LogP) is 1.15. The van der Waals surface area contributed by atoms with E-state index in [9.17, 15) is 9.90 Å². The number of rotatable bonds is 5. The summed E-state index contributed by atoms with van der Waals surface area (Å²) in [5, 5.41) is 21.6. The van der Waals surface area contributed by atoms with Gasteiger partial charge < -0.3 is 10.4 Å². The Balaban J connectivity index is 1.45. The third kappa shape index (κ3) is 3.23. The van der Waals surface area contributed by atoms with Crippen molar-refractivity contribution in [3.63, 3.8) is 0 Å². The van der Waals surface area contributed by atoms with Crippen LogP contribution in [-0.2, 0) is 11.2 Å². The number of anilines is 1. The van der Waals surface area contributed by atoms with Gasteiger partial charge in [0.25, 0.3) is 0 Å². The van der Waals surface area contributed by atoms with Gasteiger partial charge in [0.15, 0.2) is 0 Å². The summed E-state index contributed by atoms with van der Waals surface area (Å²) in [6, 6.07) is 9.39. The van der Waals surface area contributed by atoms with Crippen LogP contribution in [-0.4, -0.2) is 41.1 Å². The average Bonchev–Trinajstić information content (AvgIpc) is 3.24. The molecule has 110 valence electrons. The van der Waals surface area contributed by atoms with Crippen molar-refractivity contribution in [2.75, 3.05) is 25.0 Å². The van der Waals surface area contributed by atoms with Crippen molar-refractivity contribution < 1.29 is 9.90 Å². The van der Waals surface area contributed by atoms with E-state index in [1.807, 2.05) is 17.0 Å². The number of likely N-dealkylation sites (tertiary alicyclic amines) is 1. The molecule has 2 aliphatic rings. The molecule has 0 aromatic heterocycles. The van der Waals surface area contributed by atoms with Crippen molar-refractivity contribution in [3.8, 4) is 6.07 Å². The maximum absolute atomic E-state index is 11.9. The van der Waals surface area contributed by atoms with Gasteiger partial charge in [0.1, 0.15) is 0 Å². The Kier molecular flexibility index (Phi) is 3.66. The number of nitrogens with zero attached hydrogens (tertiary/aromatic N) is 2. The van der Waals surface area contributed by atoms with Crippen molar-refractivity contribution in [1.82, 2.24) is 4.90 Å². The second kappa shape index (κ2) is 5.47. The van der Waals surface area contributed by atoms with Crippen LogP contribution in [0.1, 0.15) is 18.4 Å². The summed E-state index contributed by atoms with van der Waals surface area (Å²) in [6.45, 7) is 1.52. The monoisotopic (exact) mass is 285 g/mol. The highest BCUT2D eigenvalue weighted by atomic mass is 16.3. The third-order valence-corrected chi connectivity index (χ3v) is 4.22. The topological polar surface area (TPSA) is 76.4 Å². The SMILES string of the molecule is N#CCc1ccc(NC(=O)CN2CC(O)(C3CC3)C2)cc1. The lowest BCUT2D eigenvalue weighted by Gasteiger charge is -2.46. The van der Waals surface area contributed by atoms with Crippen molar-refractivity contribution >= 4 is 11.6 Å². The molecule has 21 heavy (non-hydrogen) atoms. The van der Waals surface area contributed by atoms with E-state index in [0.717, 1.165) is 24.1 Å². The molecular weight excluding hydrogens is 266 g/mol. The largest absolute Gasteiger partial charge is 0.387 e. The number of nitriles is 1. The Morgan fingerprint density at radius 2 is 2.05 bits per heavy atom. The maximum Gasteiger partial charge on any atom is 0.238 e. The van der Waals surface area contributed by atoms with Crippen molar-refractivity contribution in [1.29, 1.82) is 5.26 Å². The van der Waals surface area contributed by atoms with Gasteiger partial charge >= 0.3 is 0 Å². The molecular formula is C16H19N3O2. The van der Waals surface area contributed by atoms with Gasteiger partial charge in [-0.1, -0.05) is 12.1 Å². The lowest BCUT2D eigenvalue weighted by molar-refractivity contribution is -0.132. The lowest BCUT2D eigenvalue weighted by Crippen LogP contribution is -2.64. The first-order valence-corrected chi connectivity index (χ1v) is 7.29. The number of β-amino-alcohol motifs (C(OH)–C–C–N with tert-alkyl or cyclic N) is 1. The zero-order valence-electron chi connectivity index (χ0n) is 11.9. The number of hydrogen-bond donors (Lipinski definition) is 2. The van der Waals surface area contributed by atoms with Crippen LogP contribution in [0, 0.1) is 17.2 Å². The molecule has 2 fully saturated rings. The van der Waals surface area contributed by atoms with E-state index in [1.54, 1.807) is 12.1 Å². The Morgan fingerprint density at radius 1 is 1.38 bits per heavy atom. The molecule has 1 aliphatic heterocycles. The van der Waals surface area contributed by atoms with Gasteiger partial charge in [0.05, 0.1) is 24.6 Å². The first kappa shape index (κ1) is 14.1. The smallest absolute Gasteiger partial charge is 0.238 e. The number of carbonyl (C=O) groups is 1. The third-order valence-electron chi connectivity index (χ3n) is 4.22. The van der Waals surface area contributed by atoms with Gasteiger partial charge in [0, 0.05) is 18.8 Å². The minimum absolute atomic E-state index is 0.0686. The van der Waals surface area contributed by atoms with E-state index < -0.39 is 5.60 Å². The van der Waals surface area contributed by atoms with E-state index >= 15 is 0 Å². The van der Waals surface area contributed by atoms with E-state index in [-0.39, 0.29) is 5.91 Å². The van der Waals surface area contributed by atoms with Crippen LogP contribution in [0.5, 0.6) is 0 Å². The predicted molar refractivity (Wildman–Crippen MR) is 78.5 cm³/mol. The van der Waals surface area contributed by atoms with Crippen LogP contribution in [0.3, 0.4) is 0 Å². The number of aliphatic hydroxyl groups is 1. The zero-order valence-corrected chi connectivity index (χ0v) is 11.9. The van der Waals surface area contributed by atoms with Crippen LogP contribution in [0.2, 0.25) is 0 Å². The molecule has 0 atom stereocenters. The van der Waals surface area contributed by atoms with Crippen LogP contribution >= 0.6 is 0 Å². The van der Waals surface area contributed by atoms with Gasteiger partial charge in [-0.3, -0.25) is 9.69 Å². The van der Waals surface area contributed by atoms with Crippen LogP contribution < -0.4 is 5.32 Å². The molecule has 1 aromatic rings. The fourth-order valence-electron chi connectivity index (χ4n) is 2.92. The van der Waals surface area contributed by atoms with Gasteiger partial charge in [-0.25, -0.2) is 0 Å². The molecule has 5 nitrogen and oxygen atoms in total. The van der Waals surface area contributed by atoms with Crippen LogP contribution in [0.4, 0.5) is 5.69 Å². The summed E-state index contributed by atoms with van der Waals surface area (Å²) in [7, 11) is 0. The second-order valence-corrected chi connectivity index (χ2v) is 6.10. The number of carbonyl (C=O) groups excluding carboxylic acids is 1. The average molecular weight is 285 g/mol. The van der Waals surface area contributed by atoms with E-state index in [2.05, 4.69) is 11.4 Å². The number of benzene rings is 1. The molecule has 1 aliphatic carbocycles. The minimum Gasteiger partial charge on any atom is -0.387 e. The Morgan fingerprint density at radius 3 is 2.62 bits per heavy atom. The van der Waals surface area contributed by atoms with Gasteiger partial charge in [-0.15, -0.1) is 0 Å². The fourth-order valence-corrected chi connectivity index (χ4v) is 2.92. The van der Waals surface area contributed by atoms with Crippen molar-refractivity contribution in [2.45, 2.75) is 24.9 Å². The lowest BCUT2D eigenvalue weighted by atomic mass is 9.89. The van der Waals surface area contributed by atoms with Crippen LogP contribution in [0.25, 0.3) is 0 Å². The van der Waals surface area contributed by atoms with Gasteiger partial charge in [0.2, 0.25) is 5.91 Å². The second-order valence-electron chi connectivity index (χ2n) is 6.10. The van der Waals surface area contributed by atoms with Gasteiger partial charge in [-0.05, 0) is 36.5 Å². The molecule has 1 saturated heterocycles. The van der Waals surface area contributed by atoms with Crippen molar-refractivity contribution in [2.24, 2.45) is 5.92 Å². The quantitative estimate of drug-likeness (QED) is 0.851. The molecule has 5 heteroatoms. The summed E-state index contributed by atoms with van der Waals surface area (Å²) < 4.78 is 0. The summed E-state index contributed by atoms with van der Waals surface area (Å²) >= 11 is 0. The first-order chi connectivity index (χ1) is 10.1. The Hall–Kier alpha value is -1.90. The molecule has 1 heterocycles. The molecule has 3 rings (SSSR count). The molecule has 1 amide bonds. The van der Waals surface area contributed by atoms with Crippen molar-refractivity contribution in [3.05, 3.63) is 29.8 Å². The molecule has 0 radical (unpaired) electrons. The molecule has 0 unspecified atom stereocenters. The molecule has 1 aromatic carbocycles. The number of amides is 1. The maximum atomic E-state index is 11.9. The highest BCUT2D eigenvalue weighted by Crippen LogP contribution is 2.44. The summed E-state index contributed by atoms with van der Waals surface area (Å²) in [5.41, 5.74) is 1.13. The summed E-state index contributed by atoms with van der Waals surface area (Å²) in [4.78, 5) is 13.9. The minimum atomic E-state index is -0.542. The highest BCUT2D eigenvalue weighted by molar-refractivity contribution is 5.92. The van der Waals surface area contributed by atoms with E-state index in [0.29, 0.717) is 32.0 Å². The summed E-state index contributed by atoms with van der Waals surface area (Å²) in [6.07, 6.45) is 2.61. The number of hydrogen-bond acceptors (Lipinski definition) is 4. The molecule has 1 saturated carbocycles. The molecule has 0 spiro atoms. The normalized spacial score (nSPS) is 20.4. The van der Waals surface area contributed by atoms with Gasteiger partial charge in [-0.2, -0.15) is 5.26 Å². The molecule has 0 bridgehead atoms. The zero-order chi connectivity index (χ0) is 14.9. The Labute approximate surface area is 124 Å². The van der Waals surface area contributed by atoms with Crippen LogP contribution in [0.15, 0.2) is 24.3 Å². The highest BCUT2D eigenvalue weighted by Gasteiger charge is 2.51. The molecule has 2 N–H and O–H groups in total. The van der Waals surface area contributed by atoms with E-state index in [1.165, 1.54) is 0 Å². The first-order valence-electron chi connectivity index (χ1n) is 7.29. The fraction of sp³-hybridized carbons (Fsp3) is 0.500. The summed E-state index contributed by atoms with van der Waals surface area (Å²) in [5.74, 6) is 0.380. The number of nitrogens with one attached hydrogen (secondary N) is 1.